The van der Waals surface area contributed by atoms with Gasteiger partial charge in [0.2, 0.25) is 0 Å². The molecule has 1 atom stereocenters. The van der Waals surface area contributed by atoms with E-state index in [0.717, 1.165) is 0 Å². The average Bonchev–Trinajstić information content (AvgIpc) is 2.65. The summed E-state index contributed by atoms with van der Waals surface area (Å²) in [5.74, 6) is 0.559. The van der Waals surface area contributed by atoms with Crippen LogP contribution in [-0.4, -0.2) is 19.2 Å². The van der Waals surface area contributed by atoms with Crippen molar-refractivity contribution in [2.75, 3.05) is 0 Å². The highest BCUT2D eigenvalue weighted by Gasteiger charge is 2.47. The molecule has 0 fully saturated rings. The molecule has 0 heterocycles. The molecule has 28 heavy (non-hydrogen) atoms. The third-order valence-corrected chi connectivity index (χ3v) is 12.5. The second-order valence-corrected chi connectivity index (χ2v) is 14.5. The fourth-order valence-corrected chi connectivity index (χ4v) is 10.0. The number of hydrogen-bond donors (Lipinski definition) is 1. The van der Waals surface area contributed by atoms with Crippen LogP contribution in [0.25, 0.3) is 0 Å². The Bertz CT molecular complexity index is 781. The quantitative estimate of drug-likeness (QED) is 0.254. The normalized spacial score (nSPS) is 13.2. The van der Waals surface area contributed by atoms with Crippen molar-refractivity contribution in [2.24, 2.45) is 0 Å². The Hall–Kier alpha value is -1.59. The lowest BCUT2D eigenvalue weighted by Crippen LogP contribution is -2.50. The zero-order chi connectivity index (χ0) is 21.1. The first-order chi connectivity index (χ1) is 13.1. The molecule has 0 saturated heterocycles. The minimum absolute atomic E-state index is 0.0380. The average molecular weight is 463 g/mol. The van der Waals surface area contributed by atoms with Crippen LogP contribution < -0.4 is 4.43 Å². The number of aromatic hydroxyl groups is 1. The Balaban J connectivity index is 2.32. The summed E-state index contributed by atoms with van der Waals surface area (Å²) in [7, 11) is -2.16. The molecule has 0 bridgehead atoms. The first kappa shape index (κ1) is 22.7. The lowest BCUT2D eigenvalue weighted by atomic mass is 10.0. The van der Waals surface area contributed by atoms with Gasteiger partial charge < -0.3 is 9.53 Å². The Kier molecular flexibility index (Phi) is 7.51. The van der Waals surface area contributed by atoms with Crippen molar-refractivity contribution >= 4 is 30.0 Å². The van der Waals surface area contributed by atoms with Crippen molar-refractivity contribution < 1.29 is 14.3 Å². The van der Waals surface area contributed by atoms with Crippen molar-refractivity contribution in [1.29, 1.82) is 0 Å². The van der Waals surface area contributed by atoms with Crippen molar-refractivity contribution in [1.82, 2.24) is 0 Å². The molecule has 1 N–H and O–H groups in total. The van der Waals surface area contributed by atoms with E-state index in [1.807, 2.05) is 24.3 Å². The molecule has 0 aliphatic heterocycles. The van der Waals surface area contributed by atoms with Gasteiger partial charge in [0.05, 0.1) is 0 Å². The third kappa shape index (κ3) is 4.52. The van der Waals surface area contributed by atoms with Crippen LogP contribution in [0.3, 0.4) is 0 Å². The van der Waals surface area contributed by atoms with E-state index in [1.54, 1.807) is 24.3 Å². The second-order valence-electron chi connectivity index (χ2n) is 8.24. The Morgan fingerprint density at radius 2 is 1.46 bits per heavy atom. The zero-order valence-electron chi connectivity index (χ0n) is 17.6. The van der Waals surface area contributed by atoms with Gasteiger partial charge in [-0.1, -0.05) is 93.9 Å². The lowest BCUT2D eigenvalue weighted by Gasteiger charge is -2.42. The molecule has 0 saturated carbocycles. The fraction of sp³-hybridized carbons (Fsp3) is 0.435. The first-order valence-electron chi connectivity index (χ1n) is 9.86. The SMILES string of the molecule is CC(C)[Si](Oc1ccc(C(Br)C(=O)c2ccccc2)cc1O)(C(C)C)C(C)C. The molecule has 0 aliphatic carbocycles. The summed E-state index contributed by atoms with van der Waals surface area (Å²) >= 11 is 3.49. The van der Waals surface area contributed by atoms with Gasteiger partial charge in [-0.15, -0.1) is 0 Å². The van der Waals surface area contributed by atoms with E-state index in [2.05, 4.69) is 57.5 Å². The van der Waals surface area contributed by atoms with Gasteiger partial charge in [-0.25, -0.2) is 0 Å². The second kappa shape index (κ2) is 9.27. The molecule has 2 aromatic carbocycles. The smallest absolute Gasteiger partial charge is 0.258 e. The van der Waals surface area contributed by atoms with Crippen LogP contribution in [0.5, 0.6) is 11.5 Å². The van der Waals surface area contributed by atoms with E-state index in [0.29, 0.717) is 33.5 Å². The van der Waals surface area contributed by atoms with Crippen LogP contribution >= 0.6 is 15.9 Å². The Morgan fingerprint density at radius 3 is 1.93 bits per heavy atom. The molecule has 152 valence electrons. The maximum Gasteiger partial charge on any atom is 0.258 e. The largest absolute Gasteiger partial charge is 0.540 e. The molecule has 2 aromatic rings. The molecular formula is C23H31BrO3Si. The van der Waals surface area contributed by atoms with Gasteiger partial charge in [0, 0.05) is 5.56 Å². The molecule has 2 rings (SSSR count). The summed E-state index contributed by atoms with van der Waals surface area (Å²) < 4.78 is 6.59. The molecule has 0 aliphatic rings. The highest BCUT2D eigenvalue weighted by atomic mass is 79.9. The summed E-state index contributed by atoms with van der Waals surface area (Å²) in [6.45, 7) is 13.3. The third-order valence-electron chi connectivity index (χ3n) is 5.56. The fourth-order valence-electron chi connectivity index (χ4n) is 4.22. The van der Waals surface area contributed by atoms with Gasteiger partial charge in [0.25, 0.3) is 8.32 Å². The Morgan fingerprint density at radius 1 is 0.929 bits per heavy atom. The number of phenols is 1. The van der Waals surface area contributed by atoms with Crippen LogP contribution in [0.15, 0.2) is 48.5 Å². The summed E-state index contributed by atoms with van der Waals surface area (Å²) in [5, 5.41) is 10.7. The molecule has 0 spiro atoms. The van der Waals surface area contributed by atoms with Gasteiger partial charge in [0.1, 0.15) is 10.6 Å². The van der Waals surface area contributed by atoms with Gasteiger partial charge >= 0.3 is 0 Å². The van der Waals surface area contributed by atoms with Crippen molar-refractivity contribution in [3.05, 3.63) is 59.7 Å². The van der Waals surface area contributed by atoms with Gasteiger partial charge in [0.15, 0.2) is 11.5 Å². The van der Waals surface area contributed by atoms with E-state index < -0.39 is 13.1 Å². The van der Waals surface area contributed by atoms with E-state index in [9.17, 15) is 9.90 Å². The lowest BCUT2D eigenvalue weighted by molar-refractivity contribution is 0.0991. The first-order valence-corrected chi connectivity index (χ1v) is 12.9. The van der Waals surface area contributed by atoms with E-state index in [1.165, 1.54) is 0 Å². The number of benzene rings is 2. The van der Waals surface area contributed by atoms with Crippen LogP contribution in [0.4, 0.5) is 0 Å². The van der Waals surface area contributed by atoms with Gasteiger partial charge in [-0.3, -0.25) is 4.79 Å². The van der Waals surface area contributed by atoms with Gasteiger partial charge in [-0.2, -0.15) is 0 Å². The number of Topliss-reactive ketones (excluding diaryl/α,β-unsaturated/α-hetero) is 1. The number of hydrogen-bond acceptors (Lipinski definition) is 3. The highest BCUT2D eigenvalue weighted by molar-refractivity contribution is 9.09. The molecule has 0 amide bonds. The van der Waals surface area contributed by atoms with Crippen molar-refractivity contribution in [3.8, 4) is 11.5 Å². The van der Waals surface area contributed by atoms with Crippen molar-refractivity contribution in [2.45, 2.75) is 63.0 Å². The number of alkyl halides is 1. The van der Waals surface area contributed by atoms with Crippen LogP contribution in [0.2, 0.25) is 16.6 Å². The topological polar surface area (TPSA) is 46.5 Å². The highest BCUT2D eigenvalue weighted by Crippen LogP contribution is 2.45. The molecule has 5 heteroatoms. The number of rotatable bonds is 8. The maximum atomic E-state index is 12.7. The molecule has 0 aromatic heterocycles. The van der Waals surface area contributed by atoms with Gasteiger partial charge in [-0.05, 0) is 34.3 Å². The molecule has 1 unspecified atom stereocenters. The van der Waals surface area contributed by atoms with E-state index in [4.69, 9.17) is 4.43 Å². The summed E-state index contributed by atoms with van der Waals surface area (Å²) in [5.41, 5.74) is 2.58. The van der Waals surface area contributed by atoms with Crippen LogP contribution in [0, 0.1) is 0 Å². The number of halogens is 1. The molecule has 3 nitrogen and oxygen atoms in total. The maximum absolute atomic E-state index is 12.7. The summed E-state index contributed by atoms with van der Waals surface area (Å²) in [6, 6.07) is 14.4. The van der Waals surface area contributed by atoms with E-state index in [-0.39, 0.29) is 11.5 Å². The monoisotopic (exact) mass is 462 g/mol. The summed E-state index contributed by atoms with van der Waals surface area (Å²) in [6.07, 6.45) is 0. The predicted octanol–water partition coefficient (Wildman–Crippen LogP) is 7.27. The zero-order valence-corrected chi connectivity index (χ0v) is 20.2. The standard InChI is InChI=1S/C23H31BrO3Si/c1-15(2)28(16(3)4,17(5)6)27-21-13-12-19(14-20(21)25)22(24)23(26)18-10-8-7-9-11-18/h7-17,22,25H,1-6H3. The minimum Gasteiger partial charge on any atom is -0.540 e. The summed E-state index contributed by atoms with van der Waals surface area (Å²) in [4.78, 5) is 12.2. The minimum atomic E-state index is -2.16. The van der Waals surface area contributed by atoms with Crippen LogP contribution in [0.1, 0.15) is 62.3 Å². The van der Waals surface area contributed by atoms with Crippen LogP contribution in [-0.2, 0) is 0 Å². The number of carbonyl (C=O) groups is 1. The Labute approximate surface area is 178 Å². The van der Waals surface area contributed by atoms with Crippen molar-refractivity contribution in [3.63, 3.8) is 0 Å². The number of carbonyl (C=O) groups excluding carboxylic acids is 1. The number of ketones is 1. The van der Waals surface area contributed by atoms with E-state index >= 15 is 0 Å². The molecule has 0 radical (unpaired) electrons. The predicted molar refractivity (Wildman–Crippen MR) is 122 cm³/mol. The molecular weight excluding hydrogens is 432 g/mol. The number of phenolic OH excluding ortho intramolecular Hbond substituents is 1.